The van der Waals surface area contributed by atoms with Crippen molar-refractivity contribution in [3.8, 4) is 0 Å². The number of amides is 1. The van der Waals surface area contributed by atoms with Crippen molar-refractivity contribution in [3.63, 3.8) is 0 Å². The summed E-state index contributed by atoms with van der Waals surface area (Å²) in [7, 11) is 0. The minimum absolute atomic E-state index is 0.257. The Morgan fingerprint density at radius 3 is 2.83 bits per heavy atom. The topological polar surface area (TPSA) is 64.3 Å². The molecule has 1 aliphatic rings. The van der Waals surface area contributed by atoms with Crippen LogP contribution in [-0.4, -0.2) is 41.7 Å². The molecule has 5 heteroatoms. The van der Waals surface area contributed by atoms with E-state index in [9.17, 15) is 4.79 Å². The molecule has 1 saturated heterocycles. The third-order valence-corrected chi connectivity index (χ3v) is 5.04. The number of primary amides is 1. The van der Waals surface area contributed by atoms with Gasteiger partial charge in [-0.1, -0.05) is 6.92 Å². The molecule has 3 atom stereocenters. The van der Waals surface area contributed by atoms with Crippen molar-refractivity contribution < 1.29 is 9.53 Å². The Hall–Kier alpha value is -0.260. The quantitative estimate of drug-likeness (QED) is 0.704. The van der Waals surface area contributed by atoms with Gasteiger partial charge in [-0.3, -0.25) is 4.79 Å². The van der Waals surface area contributed by atoms with E-state index in [-0.39, 0.29) is 5.91 Å². The summed E-state index contributed by atoms with van der Waals surface area (Å²) in [6.45, 7) is 7.79. The second-order valence-corrected chi connectivity index (χ2v) is 6.49. The number of nitrogens with one attached hydrogen (secondary N) is 1. The van der Waals surface area contributed by atoms with Crippen LogP contribution in [0.4, 0.5) is 0 Å². The van der Waals surface area contributed by atoms with Gasteiger partial charge < -0.3 is 15.8 Å². The van der Waals surface area contributed by atoms with Crippen LogP contribution < -0.4 is 11.1 Å². The smallest absolute Gasteiger partial charge is 0.237 e. The van der Waals surface area contributed by atoms with Crippen molar-refractivity contribution in [1.29, 1.82) is 0 Å². The first kappa shape index (κ1) is 15.8. The highest BCUT2D eigenvalue weighted by atomic mass is 32.2. The minimum Gasteiger partial charge on any atom is -0.377 e. The summed E-state index contributed by atoms with van der Waals surface area (Å²) in [5.41, 5.74) is 4.92. The van der Waals surface area contributed by atoms with E-state index in [2.05, 4.69) is 19.2 Å². The van der Waals surface area contributed by atoms with Gasteiger partial charge >= 0.3 is 0 Å². The SMILES string of the molecule is CCCNC(C)(CCSC1CCOC1C)C(N)=O. The van der Waals surface area contributed by atoms with E-state index in [1.54, 1.807) is 0 Å². The van der Waals surface area contributed by atoms with Crippen molar-refractivity contribution in [3.05, 3.63) is 0 Å². The van der Waals surface area contributed by atoms with Gasteiger partial charge in [-0.25, -0.2) is 0 Å². The summed E-state index contributed by atoms with van der Waals surface area (Å²) in [6.07, 6.45) is 3.22. The zero-order valence-corrected chi connectivity index (χ0v) is 12.5. The number of nitrogens with two attached hydrogens (primary N) is 1. The van der Waals surface area contributed by atoms with Gasteiger partial charge in [0.05, 0.1) is 11.6 Å². The first-order chi connectivity index (χ1) is 8.49. The molecular weight excluding hydrogens is 248 g/mol. The van der Waals surface area contributed by atoms with Crippen LogP contribution in [-0.2, 0) is 9.53 Å². The average Bonchev–Trinajstić information content (AvgIpc) is 2.72. The summed E-state index contributed by atoms with van der Waals surface area (Å²) in [5.74, 6) is 0.682. The van der Waals surface area contributed by atoms with Gasteiger partial charge in [0, 0.05) is 11.9 Å². The minimum atomic E-state index is -0.578. The van der Waals surface area contributed by atoms with Gasteiger partial charge in [0.15, 0.2) is 0 Å². The lowest BCUT2D eigenvalue weighted by Gasteiger charge is -2.28. The largest absolute Gasteiger partial charge is 0.377 e. The Morgan fingerprint density at radius 2 is 2.33 bits per heavy atom. The number of thioether (sulfide) groups is 1. The Morgan fingerprint density at radius 1 is 1.61 bits per heavy atom. The van der Waals surface area contributed by atoms with E-state index in [1.807, 2.05) is 18.7 Å². The van der Waals surface area contributed by atoms with Gasteiger partial charge in [0.2, 0.25) is 5.91 Å². The molecule has 1 heterocycles. The predicted octanol–water partition coefficient (Wildman–Crippen LogP) is 1.53. The van der Waals surface area contributed by atoms with Crippen LogP contribution in [0.5, 0.6) is 0 Å². The zero-order chi connectivity index (χ0) is 13.6. The third kappa shape index (κ3) is 4.44. The average molecular weight is 274 g/mol. The molecule has 0 aliphatic carbocycles. The molecule has 1 amide bonds. The van der Waals surface area contributed by atoms with E-state index in [4.69, 9.17) is 10.5 Å². The van der Waals surface area contributed by atoms with Gasteiger partial charge in [0.1, 0.15) is 0 Å². The second kappa shape index (κ2) is 7.36. The fourth-order valence-corrected chi connectivity index (χ4v) is 3.49. The molecule has 3 N–H and O–H groups in total. The van der Waals surface area contributed by atoms with Crippen molar-refractivity contribution in [2.24, 2.45) is 5.73 Å². The molecule has 0 spiro atoms. The number of hydrogen-bond donors (Lipinski definition) is 2. The van der Waals surface area contributed by atoms with Gasteiger partial charge in [0.25, 0.3) is 0 Å². The first-order valence-electron chi connectivity index (χ1n) is 6.77. The maximum atomic E-state index is 11.5. The molecule has 1 rings (SSSR count). The van der Waals surface area contributed by atoms with E-state index in [0.29, 0.717) is 11.4 Å². The van der Waals surface area contributed by atoms with Gasteiger partial charge in [-0.15, -0.1) is 0 Å². The third-order valence-electron chi connectivity index (χ3n) is 3.55. The number of carbonyl (C=O) groups is 1. The molecule has 1 fully saturated rings. The second-order valence-electron chi connectivity index (χ2n) is 5.15. The fraction of sp³-hybridized carbons (Fsp3) is 0.923. The zero-order valence-electron chi connectivity index (χ0n) is 11.7. The standard InChI is InChI=1S/C13H26N2O2S/c1-4-7-15-13(3,12(14)16)6-9-18-11-5-8-17-10(11)2/h10-11,15H,4-9H2,1-3H3,(H2,14,16). The van der Waals surface area contributed by atoms with Gasteiger partial charge in [-0.05, 0) is 45.4 Å². The van der Waals surface area contributed by atoms with Crippen molar-refractivity contribution in [2.45, 2.75) is 56.9 Å². The summed E-state index contributed by atoms with van der Waals surface area (Å²) in [6, 6.07) is 0. The van der Waals surface area contributed by atoms with Crippen molar-refractivity contribution in [1.82, 2.24) is 5.32 Å². The Labute approximate surface area is 114 Å². The summed E-state index contributed by atoms with van der Waals surface area (Å²) in [4.78, 5) is 11.5. The fourth-order valence-electron chi connectivity index (χ4n) is 2.04. The molecule has 0 radical (unpaired) electrons. The Kier molecular flexibility index (Phi) is 6.46. The van der Waals surface area contributed by atoms with E-state index < -0.39 is 5.54 Å². The monoisotopic (exact) mass is 274 g/mol. The molecule has 0 aromatic carbocycles. The maximum Gasteiger partial charge on any atom is 0.237 e. The van der Waals surface area contributed by atoms with E-state index in [1.165, 1.54) is 0 Å². The molecule has 18 heavy (non-hydrogen) atoms. The van der Waals surface area contributed by atoms with Crippen LogP contribution in [0.1, 0.15) is 40.0 Å². The van der Waals surface area contributed by atoms with E-state index >= 15 is 0 Å². The van der Waals surface area contributed by atoms with Crippen molar-refractivity contribution in [2.75, 3.05) is 18.9 Å². The lowest BCUT2D eigenvalue weighted by atomic mass is 9.98. The Bertz CT molecular complexity index is 276. The molecular formula is C13H26N2O2S. The van der Waals surface area contributed by atoms with Crippen LogP contribution in [0.15, 0.2) is 0 Å². The number of ether oxygens (including phenoxy) is 1. The van der Waals surface area contributed by atoms with Crippen LogP contribution in [0, 0.1) is 0 Å². The normalized spacial score (nSPS) is 27.1. The lowest BCUT2D eigenvalue weighted by molar-refractivity contribution is -0.123. The van der Waals surface area contributed by atoms with Crippen LogP contribution >= 0.6 is 11.8 Å². The van der Waals surface area contributed by atoms with E-state index in [0.717, 1.165) is 38.2 Å². The van der Waals surface area contributed by atoms with Crippen molar-refractivity contribution >= 4 is 17.7 Å². The van der Waals surface area contributed by atoms with Gasteiger partial charge in [-0.2, -0.15) is 11.8 Å². The highest BCUT2D eigenvalue weighted by molar-refractivity contribution is 7.99. The number of rotatable bonds is 8. The molecule has 0 bridgehead atoms. The summed E-state index contributed by atoms with van der Waals surface area (Å²) >= 11 is 1.90. The van der Waals surface area contributed by atoms with Crippen LogP contribution in [0.3, 0.4) is 0 Å². The summed E-state index contributed by atoms with van der Waals surface area (Å²) < 4.78 is 5.53. The molecule has 3 unspecified atom stereocenters. The summed E-state index contributed by atoms with van der Waals surface area (Å²) in [5, 5.41) is 3.83. The lowest BCUT2D eigenvalue weighted by Crippen LogP contribution is -2.53. The number of hydrogen-bond acceptors (Lipinski definition) is 4. The molecule has 106 valence electrons. The highest BCUT2D eigenvalue weighted by Gasteiger charge is 2.31. The first-order valence-corrected chi connectivity index (χ1v) is 7.82. The molecule has 4 nitrogen and oxygen atoms in total. The molecule has 1 aliphatic heterocycles. The highest BCUT2D eigenvalue weighted by Crippen LogP contribution is 2.28. The predicted molar refractivity (Wildman–Crippen MR) is 76.8 cm³/mol. The van der Waals surface area contributed by atoms with Crippen LogP contribution in [0.25, 0.3) is 0 Å². The van der Waals surface area contributed by atoms with Crippen LogP contribution in [0.2, 0.25) is 0 Å². The Balaban J connectivity index is 2.35. The molecule has 0 saturated carbocycles. The maximum absolute atomic E-state index is 11.5. The molecule has 0 aromatic heterocycles. The number of carbonyl (C=O) groups excluding carboxylic acids is 1. The molecule has 0 aromatic rings.